The highest BCUT2D eigenvalue weighted by Crippen LogP contribution is 2.52. The average Bonchev–Trinajstić information content (AvgIpc) is 3.45. The summed E-state index contributed by atoms with van der Waals surface area (Å²) in [5.41, 5.74) is 1.33. The summed E-state index contributed by atoms with van der Waals surface area (Å²) >= 11 is 0. The van der Waals surface area contributed by atoms with Crippen LogP contribution >= 0.6 is 0 Å². The lowest BCUT2D eigenvalue weighted by molar-refractivity contribution is -0.131. The predicted octanol–water partition coefficient (Wildman–Crippen LogP) is 2.73. The number of fused-ring (bicyclic) bond motifs is 1. The number of aryl methyl sites for hydroxylation is 1. The lowest BCUT2D eigenvalue weighted by Crippen LogP contribution is -2.44. The second-order valence-electron chi connectivity index (χ2n) is 8.40. The molecule has 0 saturated carbocycles. The Hall–Kier alpha value is -3.12. The first-order valence-corrected chi connectivity index (χ1v) is 10.8. The standard InChI is InChI=1S/C25H26N2O4/c1-30-19-11-9-18(10-12-19)27-16-25-14-13-20(31-25)21(22(25)24(27)29)23(28)26-15-5-8-17-6-3-2-4-7-17/h2-4,6-7,9-14,20-22H,5,8,15-16H2,1H3,(H,26,28)/t20-,21+,22+,25+/m0/s1. The SMILES string of the molecule is COc1ccc(N2C[C@@]34C=C[C@H](O3)[C@@H](C(=O)NCCCc3ccccc3)[C@@H]4C2=O)cc1. The van der Waals surface area contributed by atoms with Crippen LogP contribution < -0.4 is 15.0 Å². The normalized spacial score (nSPS) is 28.1. The van der Waals surface area contributed by atoms with Crippen molar-refractivity contribution in [3.8, 4) is 5.75 Å². The van der Waals surface area contributed by atoms with Crippen molar-refractivity contribution in [2.75, 3.05) is 25.1 Å². The van der Waals surface area contributed by atoms with Crippen molar-refractivity contribution in [1.82, 2.24) is 5.32 Å². The number of hydrogen-bond acceptors (Lipinski definition) is 4. The molecule has 6 heteroatoms. The maximum Gasteiger partial charge on any atom is 0.234 e. The molecule has 0 radical (unpaired) electrons. The number of anilines is 1. The van der Waals surface area contributed by atoms with Crippen molar-refractivity contribution in [3.05, 3.63) is 72.3 Å². The molecule has 160 valence electrons. The van der Waals surface area contributed by atoms with Gasteiger partial charge in [0.1, 0.15) is 11.4 Å². The molecule has 6 nitrogen and oxygen atoms in total. The third-order valence-electron chi connectivity index (χ3n) is 6.57. The lowest BCUT2D eigenvalue weighted by Gasteiger charge is -2.23. The molecule has 2 aromatic carbocycles. The van der Waals surface area contributed by atoms with Crippen LogP contribution in [0.25, 0.3) is 0 Å². The predicted molar refractivity (Wildman–Crippen MR) is 117 cm³/mol. The summed E-state index contributed by atoms with van der Waals surface area (Å²) in [7, 11) is 1.61. The zero-order chi connectivity index (χ0) is 21.4. The highest BCUT2D eigenvalue weighted by atomic mass is 16.5. The zero-order valence-electron chi connectivity index (χ0n) is 17.5. The van der Waals surface area contributed by atoms with E-state index in [-0.39, 0.29) is 17.9 Å². The molecule has 1 spiro atoms. The Labute approximate surface area is 181 Å². The number of carbonyl (C=O) groups excluding carboxylic acids is 2. The summed E-state index contributed by atoms with van der Waals surface area (Å²) in [5.74, 6) is -0.393. The van der Waals surface area contributed by atoms with Gasteiger partial charge in [0.15, 0.2) is 0 Å². The van der Waals surface area contributed by atoms with Gasteiger partial charge < -0.3 is 19.7 Å². The van der Waals surface area contributed by atoms with Crippen LogP contribution in [0.15, 0.2) is 66.7 Å². The molecule has 5 rings (SSSR count). The molecule has 2 fully saturated rings. The van der Waals surface area contributed by atoms with E-state index in [4.69, 9.17) is 9.47 Å². The molecular weight excluding hydrogens is 392 g/mol. The van der Waals surface area contributed by atoms with Gasteiger partial charge in [0.05, 0.1) is 31.6 Å². The summed E-state index contributed by atoms with van der Waals surface area (Å²) in [6.45, 7) is 1.00. The Morgan fingerprint density at radius 3 is 2.71 bits per heavy atom. The first-order chi connectivity index (χ1) is 15.1. The van der Waals surface area contributed by atoms with Gasteiger partial charge in [-0.25, -0.2) is 0 Å². The van der Waals surface area contributed by atoms with E-state index in [2.05, 4.69) is 17.4 Å². The second-order valence-corrected chi connectivity index (χ2v) is 8.40. The van der Waals surface area contributed by atoms with Gasteiger partial charge in [0, 0.05) is 12.2 Å². The number of nitrogens with zero attached hydrogens (tertiary/aromatic N) is 1. The van der Waals surface area contributed by atoms with Crippen LogP contribution in [0.5, 0.6) is 5.75 Å². The van der Waals surface area contributed by atoms with Crippen molar-refractivity contribution in [2.24, 2.45) is 11.8 Å². The zero-order valence-corrected chi connectivity index (χ0v) is 17.5. The average molecular weight is 418 g/mol. The Morgan fingerprint density at radius 2 is 1.97 bits per heavy atom. The van der Waals surface area contributed by atoms with E-state index in [0.717, 1.165) is 24.3 Å². The van der Waals surface area contributed by atoms with E-state index >= 15 is 0 Å². The fourth-order valence-corrected chi connectivity index (χ4v) is 5.05. The van der Waals surface area contributed by atoms with Gasteiger partial charge in [-0.3, -0.25) is 9.59 Å². The number of nitrogens with one attached hydrogen (secondary N) is 1. The topological polar surface area (TPSA) is 67.9 Å². The van der Waals surface area contributed by atoms with E-state index in [0.29, 0.717) is 13.1 Å². The van der Waals surface area contributed by atoms with Gasteiger partial charge in [-0.15, -0.1) is 0 Å². The first kappa shape index (κ1) is 19.8. The van der Waals surface area contributed by atoms with Crippen molar-refractivity contribution in [2.45, 2.75) is 24.5 Å². The van der Waals surface area contributed by atoms with Crippen LogP contribution in [-0.4, -0.2) is 43.7 Å². The van der Waals surface area contributed by atoms with E-state index in [9.17, 15) is 9.59 Å². The first-order valence-electron chi connectivity index (χ1n) is 10.8. The monoisotopic (exact) mass is 418 g/mol. The van der Waals surface area contributed by atoms with Crippen molar-refractivity contribution < 1.29 is 19.1 Å². The van der Waals surface area contributed by atoms with Crippen molar-refractivity contribution in [3.63, 3.8) is 0 Å². The molecule has 2 aromatic rings. The Balaban J connectivity index is 1.26. The molecule has 3 heterocycles. The minimum atomic E-state index is -0.715. The van der Waals surface area contributed by atoms with E-state index < -0.39 is 17.4 Å². The van der Waals surface area contributed by atoms with Crippen LogP contribution in [-0.2, 0) is 20.7 Å². The summed E-state index contributed by atoms with van der Waals surface area (Å²) < 4.78 is 11.4. The van der Waals surface area contributed by atoms with Crippen molar-refractivity contribution in [1.29, 1.82) is 0 Å². The second kappa shape index (κ2) is 7.85. The summed E-state index contributed by atoms with van der Waals surface area (Å²) in [5, 5.41) is 3.04. The third kappa shape index (κ3) is 3.41. The maximum atomic E-state index is 13.4. The van der Waals surface area contributed by atoms with Gasteiger partial charge in [-0.05, 0) is 42.7 Å². The summed E-state index contributed by atoms with van der Waals surface area (Å²) in [6, 6.07) is 17.6. The minimum absolute atomic E-state index is 0.0542. The number of methoxy groups -OCH3 is 1. The smallest absolute Gasteiger partial charge is 0.234 e. The number of ether oxygens (including phenoxy) is 2. The van der Waals surface area contributed by atoms with Crippen LogP contribution in [0, 0.1) is 11.8 Å². The molecule has 4 atom stereocenters. The number of rotatable bonds is 7. The fourth-order valence-electron chi connectivity index (χ4n) is 5.05. The van der Waals surface area contributed by atoms with E-state index in [1.807, 2.05) is 54.6 Å². The highest BCUT2D eigenvalue weighted by Gasteiger charge is 2.67. The fraction of sp³-hybridized carbons (Fsp3) is 0.360. The molecule has 2 bridgehead atoms. The Morgan fingerprint density at radius 1 is 1.19 bits per heavy atom. The quantitative estimate of drug-likeness (QED) is 0.555. The molecule has 0 unspecified atom stereocenters. The molecule has 0 aliphatic carbocycles. The van der Waals surface area contributed by atoms with Crippen molar-refractivity contribution >= 4 is 17.5 Å². The Bertz CT molecular complexity index is 1000. The highest BCUT2D eigenvalue weighted by molar-refractivity contribution is 6.03. The van der Waals surface area contributed by atoms with Gasteiger partial charge in [-0.2, -0.15) is 0 Å². The number of benzene rings is 2. The summed E-state index contributed by atoms with van der Waals surface area (Å²) in [4.78, 5) is 28.1. The largest absolute Gasteiger partial charge is 0.497 e. The van der Waals surface area contributed by atoms with Crippen LogP contribution in [0.3, 0.4) is 0 Å². The Kier molecular flexibility index (Phi) is 5.02. The van der Waals surface area contributed by atoms with Crippen LogP contribution in [0.2, 0.25) is 0 Å². The minimum Gasteiger partial charge on any atom is -0.497 e. The van der Waals surface area contributed by atoms with Crippen LogP contribution in [0.4, 0.5) is 5.69 Å². The number of hydrogen-bond donors (Lipinski definition) is 1. The molecule has 2 amide bonds. The number of amides is 2. The molecular formula is C25H26N2O4. The van der Waals surface area contributed by atoms with Gasteiger partial charge in [0.2, 0.25) is 11.8 Å². The number of carbonyl (C=O) groups is 2. The molecule has 3 aliphatic heterocycles. The van der Waals surface area contributed by atoms with E-state index in [1.165, 1.54) is 5.56 Å². The summed E-state index contributed by atoms with van der Waals surface area (Å²) in [6.07, 6.45) is 5.34. The van der Waals surface area contributed by atoms with Crippen LogP contribution in [0.1, 0.15) is 12.0 Å². The maximum absolute atomic E-state index is 13.4. The lowest BCUT2D eigenvalue weighted by atomic mass is 9.77. The van der Waals surface area contributed by atoms with E-state index in [1.54, 1.807) is 12.0 Å². The van der Waals surface area contributed by atoms with Gasteiger partial charge in [-0.1, -0.05) is 42.5 Å². The van der Waals surface area contributed by atoms with Gasteiger partial charge >= 0.3 is 0 Å². The molecule has 1 N–H and O–H groups in total. The molecule has 31 heavy (non-hydrogen) atoms. The molecule has 0 aromatic heterocycles. The van der Waals surface area contributed by atoms with Gasteiger partial charge in [0.25, 0.3) is 0 Å². The third-order valence-corrected chi connectivity index (χ3v) is 6.57. The molecule has 3 aliphatic rings. The molecule has 2 saturated heterocycles.